The van der Waals surface area contributed by atoms with Gasteiger partial charge in [0.2, 0.25) is 10.0 Å². The maximum absolute atomic E-state index is 11.9. The summed E-state index contributed by atoms with van der Waals surface area (Å²) < 4.78 is 26.6. The Kier molecular flexibility index (Phi) is 5.38. The lowest BCUT2D eigenvalue weighted by Crippen LogP contribution is -2.47. The largest absolute Gasteiger partial charge is 0.315 e. The molecule has 1 fully saturated rings. The number of sulfonamides is 1. The fraction of sp³-hybridized carbons (Fsp3) is 1.00. The molecule has 1 rings (SSSR count). The van der Waals surface area contributed by atoms with E-state index in [2.05, 4.69) is 10.0 Å². The van der Waals surface area contributed by atoms with Gasteiger partial charge in [-0.1, -0.05) is 0 Å². The minimum Gasteiger partial charge on any atom is -0.315 e. The van der Waals surface area contributed by atoms with Crippen LogP contribution in [0.5, 0.6) is 0 Å². The zero-order valence-corrected chi connectivity index (χ0v) is 11.0. The second-order valence-corrected chi connectivity index (χ2v) is 6.89. The Balaban J connectivity index is 2.49. The van der Waals surface area contributed by atoms with E-state index in [0.29, 0.717) is 6.54 Å². The minimum absolute atomic E-state index is 0.0203. The third-order valence-electron chi connectivity index (χ3n) is 2.47. The lowest BCUT2D eigenvalue weighted by molar-refractivity contribution is 0.486. The molecule has 0 spiro atoms. The first kappa shape index (κ1) is 13.3. The highest BCUT2D eigenvalue weighted by Gasteiger charge is 2.27. The first-order chi connectivity index (χ1) is 7.06. The predicted molar refractivity (Wildman–Crippen MR) is 65.8 cm³/mol. The van der Waals surface area contributed by atoms with Crippen LogP contribution in [0.3, 0.4) is 0 Å². The van der Waals surface area contributed by atoms with E-state index in [1.165, 1.54) is 0 Å². The first-order valence-electron chi connectivity index (χ1n) is 5.27. The molecule has 1 aliphatic rings. The molecule has 2 atom stereocenters. The van der Waals surface area contributed by atoms with E-state index in [-0.39, 0.29) is 11.3 Å². The van der Waals surface area contributed by atoms with Crippen molar-refractivity contribution in [1.82, 2.24) is 10.0 Å². The van der Waals surface area contributed by atoms with Crippen LogP contribution in [0.15, 0.2) is 0 Å². The van der Waals surface area contributed by atoms with Crippen molar-refractivity contribution >= 4 is 21.8 Å². The van der Waals surface area contributed by atoms with E-state index in [9.17, 15) is 8.42 Å². The van der Waals surface area contributed by atoms with Crippen LogP contribution < -0.4 is 10.0 Å². The van der Waals surface area contributed by atoms with E-state index in [1.807, 2.05) is 13.2 Å². The summed E-state index contributed by atoms with van der Waals surface area (Å²) in [5, 5.41) is 2.87. The van der Waals surface area contributed by atoms with Crippen LogP contribution in [0, 0.1) is 0 Å². The lowest BCUT2D eigenvalue weighted by atomic mass is 10.2. The maximum Gasteiger partial charge on any atom is 0.216 e. The Labute approximate surface area is 96.6 Å². The van der Waals surface area contributed by atoms with Crippen LogP contribution >= 0.6 is 11.8 Å². The third kappa shape index (κ3) is 4.30. The second-order valence-electron chi connectivity index (χ2n) is 3.99. The quantitative estimate of drug-likeness (QED) is 0.744. The Morgan fingerprint density at radius 2 is 2.33 bits per heavy atom. The molecule has 0 aromatic heterocycles. The summed E-state index contributed by atoms with van der Waals surface area (Å²) in [4.78, 5) is 0. The smallest absolute Gasteiger partial charge is 0.216 e. The van der Waals surface area contributed by atoms with Gasteiger partial charge in [0, 0.05) is 18.3 Å². The molecular formula is C9H20N2O2S2. The molecule has 1 heterocycles. The van der Waals surface area contributed by atoms with Crippen LogP contribution in [0.2, 0.25) is 0 Å². The molecule has 0 aliphatic carbocycles. The molecule has 0 aromatic carbocycles. The van der Waals surface area contributed by atoms with Gasteiger partial charge in [0.25, 0.3) is 0 Å². The number of rotatable bonds is 5. The van der Waals surface area contributed by atoms with Crippen molar-refractivity contribution in [2.45, 2.75) is 31.1 Å². The van der Waals surface area contributed by atoms with Crippen molar-refractivity contribution in [2.75, 3.05) is 25.1 Å². The number of nitrogens with one attached hydrogen (secondary N) is 2. The maximum atomic E-state index is 11.9. The molecule has 90 valence electrons. The van der Waals surface area contributed by atoms with Gasteiger partial charge in [0.05, 0.1) is 5.25 Å². The van der Waals surface area contributed by atoms with E-state index in [4.69, 9.17) is 0 Å². The van der Waals surface area contributed by atoms with Gasteiger partial charge in [-0.25, -0.2) is 13.1 Å². The molecule has 15 heavy (non-hydrogen) atoms. The summed E-state index contributed by atoms with van der Waals surface area (Å²) in [5.74, 6) is 0.819. The molecule has 0 radical (unpaired) electrons. The summed E-state index contributed by atoms with van der Waals surface area (Å²) >= 11 is 1.65. The van der Waals surface area contributed by atoms with Gasteiger partial charge in [0.1, 0.15) is 0 Å². The Morgan fingerprint density at radius 3 is 2.87 bits per heavy atom. The van der Waals surface area contributed by atoms with Crippen LogP contribution in [0.1, 0.15) is 19.8 Å². The molecular weight excluding hydrogens is 232 g/mol. The molecule has 0 bridgehead atoms. The summed E-state index contributed by atoms with van der Waals surface area (Å²) in [6.07, 6.45) is 3.70. The van der Waals surface area contributed by atoms with Crippen LogP contribution in [0.25, 0.3) is 0 Å². The van der Waals surface area contributed by atoms with Crippen molar-refractivity contribution < 1.29 is 8.42 Å². The fourth-order valence-corrected chi connectivity index (χ4v) is 4.09. The summed E-state index contributed by atoms with van der Waals surface area (Å²) in [6.45, 7) is 3.43. The van der Waals surface area contributed by atoms with Crippen molar-refractivity contribution in [3.05, 3.63) is 0 Å². The van der Waals surface area contributed by atoms with Crippen molar-refractivity contribution in [3.63, 3.8) is 0 Å². The highest BCUT2D eigenvalue weighted by molar-refractivity contribution is 7.98. The molecule has 2 unspecified atom stereocenters. The standard InChI is InChI=1S/C9H20N2O2S2/c1-8(7-14-2)11-15(12,13)9-4-3-5-10-6-9/h8-11H,3-7H2,1-2H3. The number of hydrogen-bond donors (Lipinski definition) is 2. The van der Waals surface area contributed by atoms with E-state index < -0.39 is 10.0 Å². The number of thioether (sulfide) groups is 1. The summed E-state index contributed by atoms with van der Waals surface area (Å²) in [6, 6.07) is 0.0203. The fourth-order valence-electron chi connectivity index (χ4n) is 1.75. The Hall–Kier alpha value is 0.220. The van der Waals surface area contributed by atoms with Crippen molar-refractivity contribution in [3.8, 4) is 0 Å². The van der Waals surface area contributed by atoms with Crippen LogP contribution in [-0.4, -0.2) is 44.8 Å². The topological polar surface area (TPSA) is 58.2 Å². The highest BCUT2D eigenvalue weighted by Crippen LogP contribution is 2.11. The molecule has 0 saturated carbocycles. The highest BCUT2D eigenvalue weighted by atomic mass is 32.2. The third-order valence-corrected chi connectivity index (χ3v) is 5.32. The molecule has 0 aromatic rings. The number of piperidine rings is 1. The molecule has 1 aliphatic heterocycles. The molecule has 1 saturated heterocycles. The average molecular weight is 252 g/mol. The molecule has 4 nitrogen and oxygen atoms in total. The SMILES string of the molecule is CSCC(C)NS(=O)(=O)C1CCCNC1. The first-order valence-corrected chi connectivity index (χ1v) is 8.21. The zero-order chi connectivity index (χ0) is 11.3. The summed E-state index contributed by atoms with van der Waals surface area (Å²) in [5.41, 5.74) is 0. The molecule has 0 amide bonds. The molecule has 2 N–H and O–H groups in total. The van der Waals surface area contributed by atoms with E-state index >= 15 is 0 Å². The number of hydrogen-bond acceptors (Lipinski definition) is 4. The zero-order valence-electron chi connectivity index (χ0n) is 9.32. The Bertz CT molecular complexity index is 274. The van der Waals surface area contributed by atoms with Crippen molar-refractivity contribution in [2.24, 2.45) is 0 Å². The van der Waals surface area contributed by atoms with Gasteiger partial charge in [-0.15, -0.1) is 0 Å². The van der Waals surface area contributed by atoms with Gasteiger partial charge >= 0.3 is 0 Å². The van der Waals surface area contributed by atoms with E-state index in [1.54, 1.807) is 11.8 Å². The second kappa shape index (κ2) is 6.08. The van der Waals surface area contributed by atoms with E-state index in [0.717, 1.165) is 25.1 Å². The van der Waals surface area contributed by atoms with Gasteiger partial charge in [-0.2, -0.15) is 11.8 Å². The minimum atomic E-state index is -3.13. The molecule has 6 heteroatoms. The Morgan fingerprint density at radius 1 is 1.60 bits per heavy atom. The van der Waals surface area contributed by atoms with Gasteiger partial charge in [-0.3, -0.25) is 0 Å². The average Bonchev–Trinajstić information content (AvgIpc) is 2.18. The van der Waals surface area contributed by atoms with Crippen molar-refractivity contribution in [1.29, 1.82) is 0 Å². The van der Waals surface area contributed by atoms with Gasteiger partial charge < -0.3 is 5.32 Å². The normalized spacial score (nSPS) is 25.1. The van der Waals surface area contributed by atoms with Crippen LogP contribution in [0.4, 0.5) is 0 Å². The monoisotopic (exact) mass is 252 g/mol. The van der Waals surface area contributed by atoms with Gasteiger partial charge in [0.15, 0.2) is 0 Å². The lowest BCUT2D eigenvalue weighted by Gasteiger charge is -2.24. The summed E-state index contributed by atoms with van der Waals surface area (Å²) in [7, 11) is -3.13. The predicted octanol–water partition coefficient (Wildman–Crippen LogP) is 0.409. The van der Waals surface area contributed by atoms with Gasteiger partial charge in [-0.05, 0) is 32.6 Å². The van der Waals surface area contributed by atoms with Crippen LogP contribution in [-0.2, 0) is 10.0 Å².